The van der Waals surface area contributed by atoms with Gasteiger partial charge in [0.2, 0.25) is 5.91 Å². The Balaban J connectivity index is 1.59. The first kappa shape index (κ1) is 14.4. The molecule has 3 rings (SSSR count). The highest BCUT2D eigenvalue weighted by Gasteiger charge is 2.29. The second-order valence-electron chi connectivity index (χ2n) is 6.90. The van der Waals surface area contributed by atoms with Gasteiger partial charge in [-0.25, -0.2) is 0 Å². The van der Waals surface area contributed by atoms with Crippen LogP contribution in [0, 0.1) is 17.8 Å². The molecule has 1 aromatic rings. The summed E-state index contributed by atoms with van der Waals surface area (Å²) < 4.78 is 0. The van der Waals surface area contributed by atoms with Crippen LogP contribution >= 0.6 is 0 Å². The lowest BCUT2D eigenvalue weighted by molar-refractivity contribution is -0.117. The van der Waals surface area contributed by atoms with Crippen LogP contribution in [0.2, 0.25) is 0 Å². The third kappa shape index (κ3) is 3.58. The molecule has 2 aliphatic rings. The van der Waals surface area contributed by atoms with Crippen LogP contribution in [-0.4, -0.2) is 11.9 Å². The van der Waals surface area contributed by atoms with Gasteiger partial charge >= 0.3 is 0 Å². The smallest absolute Gasteiger partial charge is 0.227 e. The van der Waals surface area contributed by atoms with Crippen molar-refractivity contribution in [3.05, 3.63) is 24.3 Å². The topological polar surface area (TPSA) is 41.1 Å². The standard InChI is InChI=1S/C18H26N2O/c1-12-4-3-5-13(2)17(12)19-15-8-10-16(11-9-15)20-18(21)14-6-7-14/h8-14,17,19H,3-7H2,1-2H3,(H,20,21). The third-order valence-electron chi connectivity index (χ3n) is 4.98. The second kappa shape index (κ2) is 6.08. The summed E-state index contributed by atoms with van der Waals surface area (Å²) in [6.45, 7) is 4.69. The largest absolute Gasteiger partial charge is 0.382 e. The predicted molar refractivity (Wildman–Crippen MR) is 87.4 cm³/mol. The lowest BCUT2D eigenvalue weighted by Gasteiger charge is -2.36. The summed E-state index contributed by atoms with van der Waals surface area (Å²) in [6.07, 6.45) is 6.08. The Morgan fingerprint density at radius 2 is 1.52 bits per heavy atom. The Morgan fingerprint density at radius 3 is 2.10 bits per heavy atom. The Labute approximate surface area is 127 Å². The van der Waals surface area contributed by atoms with E-state index < -0.39 is 0 Å². The minimum atomic E-state index is 0.172. The summed E-state index contributed by atoms with van der Waals surface area (Å²) in [7, 11) is 0. The third-order valence-corrected chi connectivity index (χ3v) is 4.98. The van der Waals surface area contributed by atoms with E-state index in [4.69, 9.17) is 0 Å². The molecule has 0 spiro atoms. The number of anilines is 2. The van der Waals surface area contributed by atoms with E-state index in [-0.39, 0.29) is 11.8 Å². The molecule has 21 heavy (non-hydrogen) atoms. The van der Waals surface area contributed by atoms with Gasteiger partial charge in [-0.15, -0.1) is 0 Å². The number of hydrogen-bond acceptors (Lipinski definition) is 2. The number of carbonyl (C=O) groups excluding carboxylic acids is 1. The molecule has 1 amide bonds. The van der Waals surface area contributed by atoms with Gasteiger partial charge in [-0.05, 0) is 61.8 Å². The van der Waals surface area contributed by atoms with Crippen LogP contribution in [0.4, 0.5) is 11.4 Å². The van der Waals surface area contributed by atoms with Gasteiger partial charge in [0, 0.05) is 23.3 Å². The van der Waals surface area contributed by atoms with Gasteiger partial charge in [0.1, 0.15) is 0 Å². The highest BCUT2D eigenvalue weighted by atomic mass is 16.2. The normalized spacial score (nSPS) is 29.0. The Morgan fingerprint density at radius 1 is 0.952 bits per heavy atom. The fraction of sp³-hybridized carbons (Fsp3) is 0.611. The highest BCUT2D eigenvalue weighted by Crippen LogP contribution is 2.32. The monoisotopic (exact) mass is 286 g/mol. The summed E-state index contributed by atoms with van der Waals surface area (Å²) in [5.41, 5.74) is 2.06. The van der Waals surface area contributed by atoms with Crippen molar-refractivity contribution < 1.29 is 4.79 Å². The average molecular weight is 286 g/mol. The van der Waals surface area contributed by atoms with Crippen LogP contribution in [0.1, 0.15) is 46.0 Å². The van der Waals surface area contributed by atoms with Crippen LogP contribution in [0.3, 0.4) is 0 Å². The summed E-state index contributed by atoms with van der Waals surface area (Å²) in [6, 6.07) is 8.72. The maximum Gasteiger partial charge on any atom is 0.227 e. The van der Waals surface area contributed by atoms with Crippen molar-refractivity contribution in [1.29, 1.82) is 0 Å². The summed E-state index contributed by atoms with van der Waals surface area (Å²) in [4.78, 5) is 11.7. The Kier molecular flexibility index (Phi) is 4.18. The van der Waals surface area contributed by atoms with Crippen molar-refractivity contribution >= 4 is 17.3 Å². The highest BCUT2D eigenvalue weighted by molar-refractivity contribution is 5.94. The molecule has 3 nitrogen and oxygen atoms in total. The summed E-state index contributed by atoms with van der Waals surface area (Å²) in [5, 5.41) is 6.67. The van der Waals surface area contributed by atoms with Crippen molar-refractivity contribution in [3.63, 3.8) is 0 Å². The second-order valence-corrected chi connectivity index (χ2v) is 6.90. The van der Waals surface area contributed by atoms with Crippen LogP contribution in [0.25, 0.3) is 0 Å². The molecule has 2 fully saturated rings. The summed E-state index contributed by atoms with van der Waals surface area (Å²) >= 11 is 0. The first-order chi connectivity index (χ1) is 10.1. The minimum absolute atomic E-state index is 0.172. The van der Waals surface area contributed by atoms with E-state index in [9.17, 15) is 4.79 Å². The molecule has 0 heterocycles. The van der Waals surface area contributed by atoms with E-state index in [1.165, 1.54) is 19.3 Å². The number of benzene rings is 1. The molecular formula is C18H26N2O. The molecule has 0 bridgehead atoms. The summed E-state index contributed by atoms with van der Waals surface area (Å²) in [5.74, 6) is 1.88. The van der Waals surface area contributed by atoms with Gasteiger partial charge in [0.25, 0.3) is 0 Å². The average Bonchev–Trinajstić information content (AvgIpc) is 3.29. The van der Waals surface area contributed by atoms with Gasteiger partial charge in [0.05, 0.1) is 0 Å². The zero-order chi connectivity index (χ0) is 14.8. The number of hydrogen-bond donors (Lipinski definition) is 2. The van der Waals surface area contributed by atoms with Crippen LogP contribution in [-0.2, 0) is 4.79 Å². The van der Waals surface area contributed by atoms with Crippen molar-refractivity contribution in [1.82, 2.24) is 0 Å². The maximum absolute atomic E-state index is 11.7. The molecule has 2 aliphatic carbocycles. The number of carbonyl (C=O) groups is 1. The minimum Gasteiger partial charge on any atom is -0.382 e. The SMILES string of the molecule is CC1CCCC(C)C1Nc1ccc(NC(=O)C2CC2)cc1. The van der Waals surface area contributed by atoms with E-state index in [2.05, 4.69) is 36.6 Å². The van der Waals surface area contributed by atoms with Crippen LogP contribution < -0.4 is 10.6 Å². The molecule has 0 radical (unpaired) electrons. The quantitative estimate of drug-likeness (QED) is 0.867. The molecule has 2 saturated carbocycles. The van der Waals surface area contributed by atoms with E-state index in [0.29, 0.717) is 6.04 Å². The van der Waals surface area contributed by atoms with Crippen LogP contribution in [0.5, 0.6) is 0 Å². The van der Waals surface area contributed by atoms with E-state index in [1.807, 2.05) is 12.1 Å². The maximum atomic E-state index is 11.7. The van der Waals surface area contributed by atoms with Gasteiger partial charge in [-0.2, -0.15) is 0 Å². The fourth-order valence-corrected chi connectivity index (χ4v) is 3.40. The zero-order valence-corrected chi connectivity index (χ0v) is 13.1. The van der Waals surface area contributed by atoms with Crippen molar-refractivity contribution in [2.75, 3.05) is 10.6 Å². The molecular weight excluding hydrogens is 260 g/mol. The van der Waals surface area contributed by atoms with Gasteiger partial charge in [0.15, 0.2) is 0 Å². The molecule has 0 aliphatic heterocycles. The molecule has 2 atom stereocenters. The number of amides is 1. The number of nitrogens with one attached hydrogen (secondary N) is 2. The Bertz CT molecular complexity index is 482. The van der Waals surface area contributed by atoms with Gasteiger partial charge in [-0.1, -0.05) is 20.3 Å². The van der Waals surface area contributed by atoms with Crippen LogP contribution in [0.15, 0.2) is 24.3 Å². The molecule has 2 N–H and O–H groups in total. The molecule has 0 saturated heterocycles. The lowest BCUT2D eigenvalue weighted by Crippen LogP contribution is -2.37. The lowest BCUT2D eigenvalue weighted by atomic mass is 9.78. The van der Waals surface area contributed by atoms with Crippen molar-refractivity contribution in [2.24, 2.45) is 17.8 Å². The zero-order valence-electron chi connectivity index (χ0n) is 13.1. The molecule has 0 aromatic heterocycles. The molecule has 2 unspecified atom stereocenters. The Hall–Kier alpha value is -1.51. The first-order valence-corrected chi connectivity index (χ1v) is 8.31. The van der Waals surface area contributed by atoms with E-state index in [1.54, 1.807) is 0 Å². The molecule has 114 valence electrons. The van der Waals surface area contributed by atoms with E-state index in [0.717, 1.165) is 36.1 Å². The van der Waals surface area contributed by atoms with Crippen molar-refractivity contribution in [3.8, 4) is 0 Å². The van der Waals surface area contributed by atoms with Gasteiger partial charge in [-0.3, -0.25) is 4.79 Å². The predicted octanol–water partition coefficient (Wildman–Crippen LogP) is 4.27. The van der Waals surface area contributed by atoms with E-state index >= 15 is 0 Å². The number of rotatable bonds is 4. The van der Waals surface area contributed by atoms with Gasteiger partial charge < -0.3 is 10.6 Å². The first-order valence-electron chi connectivity index (χ1n) is 8.31. The van der Waals surface area contributed by atoms with Crippen molar-refractivity contribution in [2.45, 2.75) is 52.0 Å². The molecule has 1 aromatic carbocycles. The fourth-order valence-electron chi connectivity index (χ4n) is 3.40. The molecule has 3 heteroatoms.